The lowest BCUT2D eigenvalue weighted by Gasteiger charge is -2.32. The van der Waals surface area contributed by atoms with E-state index < -0.39 is 17.8 Å². The first-order chi connectivity index (χ1) is 16.9. The summed E-state index contributed by atoms with van der Waals surface area (Å²) in [5.41, 5.74) is 5.29. The van der Waals surface area contributed by atoms with Gasteiger partial charge in [-0.2, -0.15) is 0 Å². The van der Waals surface area contributed by atoms with E-state index in [-0.39, 0.29) is 12.4 Å². The Balaban J connectivity index is 1.59. The quantitative estimate of drug-likeness (QED) is 0.428. The van der Waals surface area contributed by atoms with E-state index in [9.17, 15) is 9.59 Å². The molecule has 0 bridgehead atoms. The van der Waals surface area contributed by atoms with Crippen LogP contribution in [0.4, 0.5) is 5.69 Å². The van der Waals surface area contributed by atoms with Crippen LogP contribution in [0.25, 0.3) is 17.0 Å². The standard InChI is InChI=1S/C28H28N4O3/c1-5-35-28(34)23-16(2)30-27-25(24(23)17-10-12-19(13-11-17)32(3)4)26(33)22(31-27)14-18-15-29-21-9-7-6-8-20(18)21/h6-15,24-25,29H,5H2,1-4H3,(H,30,31)/b22-14-. The van der Waals surface area contributed by atoms with Gasteiger partial charge in [-0.05, 0) is 43.7 Å². The zero-order valence-corrected chi connectivity index (χ0v) is 20.3. The summed E-state index contributed by atoms with van der Waals surface area (Å²) in [5, 5.41) is 4.25. The van der Waals surface area contributed by atoms with Gasteiger partial charge in [0.15, 0.2) is 5.78 Å². The Kier molecular flexibility index (Phi) is 5.76. The van der Waals surface area contributed by atoms with E-state index in [0.717, 1.165) is 27.7 Å². The molecule has 2 atom stereocenters. The Morgan fingerprint density at radius 3 is 2.57 bits per heavy atom. The molecule has 0 amide bonds. The van der Waals surface area contributed by atoms with Gasteiger partial charge in [0.2, 0.25) is 0 Å². The molecule has 5 rings (SSSR count). The molecule has 0 fully saturated rings. The third kappa shape index (κ3) is 3.93. The number of benzene rings is 2. The van der Waals surface area contributed by atoms with E-state index in [4.69, 9.17) is 9.73 Å². The van der Waals surface area contributed by atoms with E-state index in [1.807, 2.05) is 86.7 Å². The van der Waals surface area contributed by atoms with Gasteiger partial charge in [-0.1, -0.05) is 30.3 Å². The number of aromatic amines is 1. The SMILES string of the molecule is CCOC(=O)C1=C(C)NC2=N/C(=C\c3c[nH]c4ccccc34)C(=O)C2C1c1ccc(N(C)C)cc1. The number of para-hydroxylation sites is 1. The fourth-order valence-corrected chi connectivity index (χ4v) is 4.90. The number of amidine groups is 1. The maximum atomic E-state index is 13.8. The lowest BCUT2D eigenvalue weighted by atomic mass is 9.75. The minimum Gasteiger partial charge on any atom is -0.463 e. The zero-order valence-electron chi connectivity index (χ0n) is 20.3. The number of rotatable bonds is 5. The number of fused-ring (bicyclic) bond motifs is 2. The van der Waals surface area contributed by atoms with Gasteiger partial charge in [0.05, 0.1) is 18.1 Å². The second-order valence-corrected chi connectivity index (χ2v) is 9.01. The predicted molar refractivity (Wildman–Crippen MR) is 138 cm³/mol. The molecule has 35 heavy (non-hydrogen) atoms. The van der Waals surface area contributed by atoms with Crippen molar-refractivity contribution < 1.29 is 14.3 Å². The Hall–Kier alpha value is -4.13. The summed E-state index contributed by atoms with van der Waals surface area (Å²) in [6.07, 6.45) is 3.70. The molecule has 0 radical (unpaired) electrons. The second kappa shape index (κ2) is 8.91. The second-order valence-electron chi connectivity index (χ2n) is 9.01. The summed E-state index contributed by atoms with van der Waals surface area (Å²) in [6, 6.07) is 15.9. The van der Waals surface area contributed by atoms with Crippen molar-refractivity contribution >= 4 is 40.3 Å². The molecule has 3 heterocycles. The van der Waals surface area contributed by atoms with Crippen molar-refractivity contribution in [3.63, 3.8) is 0 Å². The molecule has 7 heteroatoms. The maximum Gasteiger partial charge on any atom is 0.336 e. The topological polar surface area (TPSA) is 86.8 Å². The Morgan fingerprint density at radius 2 is 1.86 bits per heavy atom. The average molecular weight is 469 g/mol. The van der Waals surface area contributed by atoms with Crippen LogP contribution in [0.1, 0.15) is 30.9 Å². The Morgan fingerprint density at radius 1 is 1.11 bits per heavy atom. The first-order valence-electron chi connectivity index (χ1n) is 11.7. The molecular formula is C28H28N4O3. The summed E-state index contributed by atoms with van der Waals surface area (Å²) in [7, 11) is 3.95. The van der Waals surface area contributed by atoms with Crippen LogP contribution >= 0.6 is 0 Å². The number of esters is 1. The molecule has 2 aliphatic rings. The van der Waals surface area contributed by atoms with Gasteiger partial charge in [0.25, 0.3) is 0 Å². The highest BCUT2D eigenvalue weighted by molar-refractivity contribution is 6.22. The lowest BCUT2D eigenvalue weighted by molar-refractivity contribution is -0.139. The highest BCUT2D eigenvalue weighted by Gasteiger charge is 2.47. The minimum atomic E-state index is -0.625. The van der Waals surface area contributed by atoms with E-state index >= 15 is 0 Å². The fourth-order valence-electron chi connectivity index (χ4n) is 4.90. The number of nitrogens with zero attached hydrogens (tertiary/aromatic N) is 2. The van der Waals surface area contributed by atoms with Crippen LogP contribution in [0.5, 0.6) is 0 Å². The van der Waals surface area contributed by atoms with Gasteiger partial charge >= 0.3 is 5.97 Å². The van der Waals surface area contributed by atoms with Gasteiger partial charge in [-0.15, -0.1) is 0 Å². The summed E-state index contributed by atoms with van der Waals surface area (Å²) in [5.74, 6) is -1.09. The molecule has 3 aromatic rings. The monoisotopic (exact) mass is 468 g/mol. The molecule has 2 N–H and O–H groups in total. The number of nitrogens with one attached hydrogen (secondary N) is 2. The van der Waals surface area contributed by atoms with E-state index in [1.54, 1.807) is 6.92 Å². The number of H-pyrrole nitrogens is 1. The first kappa shape index (κ1) is 22.7. The minimum absolute atomic E-state index is 0.117. The van der Waals surface area contributed by atoms with Crippen LogP contribution in [0, 0.1) is 5.92 Å². The van der Waals surface area contributed by atoms with Crippen LogP contribution < -0.4 is 10.2 Å². The zero-order chi connectivity index (χ0) is 24.7. The number of carbonyl (C=O) groups excluding carboxylic acids is 2. The van der Waals surface area contributed by atoms with Crippen molar-refractivity contribution in [2.45, 2.75) is 19.8 Å². The lowest BCUT2D eigenvalue weighted by Crippen LogP contribution is -2.42. The van der Waals surface area contributed by atoms with Crippen LogP contribution in [-0.4, -0.2) is 43.3 Å². The Bertz CT molecular complexity index is 1410. The largest absolute Gasteiger partial charge is 0.463 e. The van der Waals surface area contributed by atoms with Gasteiger partial charge in [0, 0.05) is 54.1 Å². The summed E-state index contributed by atoms with van der Waals surface area (Å²) >= 11 is 0. The molecule has 0 saturated carbocycles. The van der Waals surface area contributed by atoms with Crippen LogP contribution in [-0.2, 0) is 14.3 Å². The van der Waals surface area contributed by atoms with Crippen LogP contribution in [0.3, 0.4) is 0 Å². The highest BCUT2D eigenvalue weighted by Crippen LogP contribution is 2.43. The molecule has 2 unspecified atom stereocenters. The summed E-state index contributed by atoms with van der Waals surface area (Å²) in [6.45, 7) is 3.87. The highest BCUT2D eigenvalue weighted by atomic mass is 16.5. The molecule has 7 nitrogen and oxygen atoms in total. The number of aromatic nitrogens is 1. The third-order valence-electron chi connectivity index (χ3n) is 6.61. The third-order valence-corrected chi connectivity index (χ3v) is 6.61. The van der Waals surface area contributed by atoms with Gasteiger partial charge in [0.1, 0.15) is 11.5 Å². The van der Waals surface area contributed by atoms with Crippen molar-refractivity contribution in [3.8, 4) is 0 Å². The molecule has 178 valence electrons. The molecule has 1 aromatic heterocycles. The predicted octanol–water partition coefficient (Wildman–Crippen LogP) is 4.40. The van der Waals surface area contributed by atoms with E-state index in [2.05, 4.69) is 10.3 Å². The maximum absolute atomic E-state index is 13.8. The van der Waals surface area contributed by atoms with Gasteiger partial charge in [-0.3, -0.25) is 4.79 Å². The Labute approximate surface area is 204 Å². The molecule has 0 saturated heterocycles. The number of hydrogen-bond acceptors (Lipinski definition) is 6. The smallest absolute Gasteiger partial charge is 0.336 e. The first-order valence-corrected chi connectivity index (χ1v) is 11.7. The van der Waals surface area contributed by atoms with Gasteiger partial charge < -0.3 is 19.9 Å². The van der Waals surface area contributed by atoms with Gasteiger partial charge in [-0.25, -0.2) is 9.79 Å². The summed E-state index contributed by atoms with van der Waals surface area (Å²) in [4.78, 5) is 36.8. The number of ketones is 1. The average Bonchev–Trinajstić information content (AvgIpc) is 3.39. The number of allylic oxidation sites excluding steroid dienone is 2. The molecule has 2 aliphatic heterocycles. The van der Waals surface area contributed by atoms with Crippen molar-refractivity contribution in [1.29, 1.82) is 0 Å². The van der Waals surface area contributed by atoms with Crippen LogP contribution in [0.2, 0.25) is 0 Å². The van der Waals surface area contributed by atoms with Crippen molar-refractivity contribution in [3.05, 3.63) is 82.8 Å². The number of ether oxygens (including phenoxy) is 1. The number of anilines is 1. The molecule has 0 aliphatic carbocycles. The number of Topliss-reactive ketones (excluding diaryl/α,β-unsaturated/α-hetero) is 1. The fraction of sp³-hybridized carbons (Fsp3) is 0.250. The van der Waals surface area contributed by atoms with Crippen molar-refractivity contribution in [1.82, 2.24) is 10.3 Å². The van der Waals surface area contributed by atoms with Crippen molar-refractivity contribution in [2.75, 3.05) is 25.6 Å². The van der Waals surface area contributed by atoms with E-state index in [1.165, 1.54) is 0 Å². The number of hydrogen-bond donors (Lipinski definition) is 2. The van der Waals surface area contributed by atoms with Crippen molar-refractivity contribution in [2.24, 2.45) is 10.9 Å². The normalized spacial score (nSPS) is 20.6. The molecule has 0 spiro atoms. The van der Waals surface area contributed by atoms with E-state index in [0.29, 0.717) is 22.8 Å². The van der Waals surface area contributed by atoms with Crippen LogP contribution in [0.15, 0.2) is 76.7 Å². The number of carbonyl (C=O) groups is 2. The summed E-state index contributed by atoms with van der Waals surface area (Å²) < 4.78 is 5.39. The number of aliphatic imine (C=N–C) groups is 1. The molecule has 2 aromatic carbocycles. The molecular weight excluding hydrogens is 440 g/mol.